The highest BCUT2D eigenvalue weighted by molar-refractivity contribution is 5.95. The molecule has 0 radical (unpaired) electrons. The van der Waals surface area contributed by atoms with Crippen molar-refractivity contribution >= 4 is 5.91 Å². The highest BCUT2D eigenvalue weighted by Gasteiger charge is 2.22. The van der Waals surface area contributed by atoms with Crippen molar-refractivity contribution in [2.75, 3.05) is 0 Å². The fraction of sp³-hybridized carbons (Fsp3) is 0.444. The van der Waals surface area contributed by atoms with Crippen LogP contribution in [0.1, 0.15) is 48.7 Å². The Morgan fingerprint density at radius 3 is 2.52 bits per heavy atom. The third-order valence-corrected chi connectivity index (χ3v) is 4.68. The summed E-state index contributed by atoms with van der Waals surface area (Å²) in [6.45, 7) is 4.11. The fourth-order valence-corrected chi connectivity index (χ4v) is 3.14. The first kappa shape index (κ1) is 15.7. The Bertz CT molecular complexity index is 685. The van der Waals surface area contributed by atoms with Gasteiger partial charge in [0.2, 0.25) is 0 Å². The van der Waals surface area contributed by atoms with Gasteiger partial charge >= 0.3 is 0 Å². The standard InChI is InChI=1S/C18H22FN3O/c1-12-3-7-15(8-4-12)21-18(23)17-11-20-22(13(17)2)16-9-5-14(19)6-10-16/h5-6,9-12,15H,3-4,7-8H2,1-2H3,(H,21,23). The highest BCUT2D eigenvalue weighted by atomic mass is 19.1. The molecule has 0 unspecified atom stereocenters. The molecule has 0 aliphatic heterocycles. The molecule has 1 N–H and O–H groups in total. The average Bonchev–Trinajstić information content (AvgIpc) is 2.92. The number of hydrogen-bond donors (Lipinski definition) is 1. The number of amides is 1. The van der Waals surface area contributed by atoms with Gasteiger partial charge < -0.3 is 5.32 Å². The van der Waals surface area contributed by atoms with Gasteiger partial charge in [0.25, 0.3) is 5.91 Å². The van der Waals surface area contributed by atoms with Crippen LogP contribution >= 0.6 is 0 Å². The summed E-state index contributed by atoms with van der Waals surface area (Å²) in [5.41, 5.74) is 2.08. The van der Waals surface area contributed by atoms with E-state index >= 15 is 0 Å². The van der Waals surface area contributed by atoms with E-state index < -0.39 is 0 Å². The first-order chi connectivity index (χ1) is 11.0. The van der Waals surface area contributed by atoms with E-state index in [4.69, 9.17) is 0 Å². The van der Waals surface area contributed by atoms with E-state index in [9.17, 15) is 9.18 Å². The van der Waals surface area contributed by atoms with Crippen molar-refractivity contribution in [3.63, 3.8) is 0 Å². The summed E-state index contributed by atoms with van der Waals surface area (Å²) in [7, 11) is 0. The molecule has 23 heavy (non-hydrogen) atoms. The molecule has 122 valence electrons. The molecule has 0 spiro atoms. The van der Waals surface area contributed by atoms with Crippen molar-refractivity contribution in [1.82, 2.24) is 15.1 Å². The summed E-state index contributed by atoms with van der Waals surface area (Å²) in [4.78, 5) is 12.5. The van der Waals surface area contributed by atoms with Crippen LogP contribution < -0.4 is 5.32 Å². The molecule has 2 aromatic rings. The number of carbonyl (C=O) groups excluding carboxylic acids is 1. The summed E-state index contributed by atoms with van der Waals surface area (Å²) < 4.78 is 14.7. The SMILES string of the molecule is Cc1c(C(=O)NC2CCC(C)CC2)cnn1-c1ccc(F)cc1. The maximum atomic E-state index is 13.0. The van der Waals surface area contributed by atoms with Crippen LogP contribution in [0.15, 0.2) is 30.5 Å². The fourth-order valence-electron chi connectivity index (χ4n) is 3.14. The molecule has 1 amide bonds. The van der Waals surface area contributed by atoms with Gasteiger partial charge in [0.15, 0.2) is 0 Å². The molecule has 1 aromatic carbocycles. The van der Waals surface area contributed by atoms with Crippen LogP contribution in [-0.2, 0) is 0 Å². The van der Waals surface area contributed by atoms with Crippen molar-refractivity contribution in [1.29, 1.82) is 0 Å². The Morgan fingerprint density at radius 1 is 1.22 bits per heavy atom. The van der Waals surface area contributed by atoms with Gasteiger partial charge in [-0.3, -0.25) is 4.79 Å². The predicted octanol–water partition coefficient (Wildman–Crippen LogP) is 3.63. The van der Waals surface area contributed by atoms with Crippen LogP contribution in [0.4, 0.5) is 4.39 Å². The van der Waals surface area contributed by atoms with E-state index in [1.165, 1.54) is 25.0 Å². The minimum absolute atomic E-state index is 0.0737. The Balaban J connectivity index is 1.73. The van der Waals surface area contributed by atoms with Gasteiger partial charge in [0.05, 0.1) is 23.1 Å². The summed E-state index contributed by atoms with van der Waals surface area (Å²) in [5, 5.41) is 7.39. The van der Waals surface area contributed by atoms with E-state index in [0.29, 0.717) is 5.56 Å². The number of rotatable bonds is 3. The number of hydrogen-bond acceptors (Lipinski definition) is 2. The van der Waals surface area contributed by atoms with Crippen LogP contribution in [0, 0.1) is 18.7 Å². The zero-order valence-corrected chi connectivity index (χ0v) is 13.6. The maximum absolute atomic E-state index is 13.0. The lowest BCUT2D eigenvalue weighted by atomic mass is 9.87. The lowest BCUT2D eigenvalue weighted by Crippen LogP contribution is -2.37. The summed E-state index contributed by atoms with van der Waals surface area (Å²) in [6, 6.07) is 6.34. The van der Waals surface area contributed by atoms with E-state index in [0.717, 1.165) is 30.1 Å². The van der Waals surface area contributed by atoms with Gasteiger partial charge in [0, 0.05) is 6.04 Å². The van der Waals surface area contributed by atoms with Gasteiger partial charge in [-0.25, -0.2) is 9.07 Å². The lowest BCUT2D eigenvalue weighted by Gasteiger charge is -2.26. The number of aromatic nitrogens is 2. The Kier molecular flexibility index (Phi) is 4.46. The maximum Gasteiger partial charge on any atom is 0.254 e. The van der Waals surface area contributed by atoms with Crippen LogP contribution in [-0.4, -0.2) is 21.7 Å². The topological polar surface area (TPSA) is 46.9 Å². The van der Waals surface area contributed by atoms with Gasteiger partial charge in [-0.2, -0.15) is 5.10 Å². The van der Waals surface area contributed by atoms with Crippen molar-refractivity contribution < 1.29 is 9.18 Å². The second-order valence-corrected chi connectivity index (χ2v) is 6.46. The monoisotopic (exact) mass is 315 g/mol. The van der Waals surface area contributed by atoms with Gasteiger partial charge in [-0.05, 0) is 62.8 Å². The van der Waals surface area contributed by atoms with Gasteiger partial charge in [0.1, 0.15) is 5.82 Å². The number of halogens is 1. The molecule has 1 aliphatic rings. The van der Waals surface area contributed by atoms with Crippen LogP contribution in [0.3, 0.4) is 0 Å². The molecule has 1 aliphatic carbocycles. The number of carbonyl (C=O) groups is 1. The van der Waals surface area contributed by atoms with E-state index in [2.05, 4.69) is 17.3 Å². The third-order valence-electron chi connectivity index (χ3n) is 4.68. The van der Waals surface area contributed by atoms with Gasteiger partial charge in [-0.1, -0.05) is 6.92 Å². The first-order valence-corrected chi connectivity index (χ1v) is 8.16. The minimum atomic E-state index is -0.289. The van der Waals surface area contributed by atoms with Crippen molar-refractivity contribution in [3.05, 3.63) is 47.5 Å². The smallest absolute Gasteiger partial charge is 0.254 e. The summed E-state index contributed by atoms with van der Waals surface area (Å²) in [5.74, 6) is 0.393. The zero-order valence-electron chi connectivity index (χ0n) is 13.6. The molecule has 1 heterocycles. The second kappa shape index (κ2) is 6.52. The van der Waals surface area contributed by atoms with Crippen molar-refractivity contribution in [2.24, 2.45) is 5.92 Å². The number of benzene rings is 1. The van der Waals surface area contributed by atoms with Crippen LogP contribution in [0.25, 0.3) is 5.69 Å². The first-order valence-electron chi connectivity index (χ1n) is 8.16. The molecule has 1 fully saturated rings. The molecule has 0 saturated heterocycles. The quantitative estimate of drug-likeness (QED) is 0.940. The van der Waals surface area contributed by atoms with Crippen LogP contribution in [0.5, 0.6) is 0 Å². The molecule has 0 bridgehead atoms. The Morgan fingerprint density at radius 2 is 1.87 bits per heavy atom. The van der Waals surface area contributed by atoms with Crippen molar-refractivity contribution in [3.8, 4) is 5.69 Å². The molecular formula is C18H22FN3O. The molecule has 1 saturated carbocycles. The highest BCUT2D eigenvalue weighted by Crippen LogP contribution is 2.24. The molecular weight excluding hydrogens is 293 g/mol. The van der Waals surface area contributed by atoms with Crippen LogP contribution in [0.2, 0.25) is 0 Å². The largest absolute Gasteiger partial charge is 0.349 e. The van der Waals surface area contributed by atoms with E-state index in [1.807, 2.05) is 6.92 Å². The predicted molar refractivity (Wildman–Crippen MR) is 87.1 cm³/mol. The average molecular weight is 315 g/mol. The Labute approximate surface area is 135 Å². The normalized spacial score (nSPS) is 21.2. The third kappa shape index (κ3) is 3.44. The van der Waals surface area contributed by atoms with Crippen molar-refractivity contribution in [2.45, 2.75) is 45.6 Å². The van der Waals surface area contributed by atoms with E-state index in [-0.39, 0.29) is 17.8 Å². The number of nitrogens with zero attached hydrogens (tertiary/aromatic N) is 2. The lowest BCUT2D eigenvalue weighted by molar-refractivity contribution is 0.0922. The summed E-state index contributed by atoms with van der Waals surface area (Å²) in [6.07, 6.45) is 5.99. The number of nitrogens with one attached hydrogen (secondary N) is 1. The molecule has 0 atom stereocenters. The van der Waals surface area contributed by atoms with E-state index in [1.54, 1.807) is 23.0 Å². The Hall–Kier alpha value is -2.17. The minimum Gasteiger partial charge on any atom is -0.349 e. The second-order valence-electron chi connectivity index (χ2n) is 6.46. The summed E-state index contributed by atoms with van der Waals surface area (Å²) >= 11 is 0. The molecule has 1 aromatic heterocycles. The van der Waals surface area contributed by atoms with Gasteiger partial charge in [-0.15, -0.1) is 0 Å². The zero-order chi connectivity index (χ0) is 16.4. The molecule has 5 heteroatoms. The molecule has 3 rings (SSSR count). The molecule has 4 nitrogen and oxygen atoms in total.